The molecule has 0 bridgehead atoms. The molecule has 10 nitrogen and oxygen atoms in total. The van der Waals surface area contributed by atoms with Gasteiger partial charge in [-0.05, 0) is 31.4 Å². The Labute approximate surface area is 223 Å². The lowest BCUT2D eigenvalue weighted by Gasteiger charge is -2.23. The first kappa shape index (κ1) is 25.9. The van der Waals surface area contributed by atoms with E-state index in [4.69, 9.17) is 13.9 Å². The van der Waals surface area contributed by atoms with Crippen LogP contribution in [-0.2, 0) is 16.1 Å². The van der Waals surface area contributed by atoms with E-state index in [1.165, 1.54) is 23.8 Å². The molecule has 0 N–H and O–H groups in total. The van der Waals surface area contributed by atoms with Gasteiger partial charge in [0.25, 0.3) is 5.56 Å². The molecule has 1 aromatic carbocycles. The summed E-state index contributed by atoms with van der Waals surface area (Å²) in [6.45, 7) is 4.89. The second kappa shape index (κ2) is 10.6. The Morgan fingerprint density at radius 2 is 2.03 bits per heavy atom. The fraction of sp³-hybridized carbons (Fsp3) is 0.407. The van der Waals surface area contributed by atoms with Crippen molar-refractivity contribution < 1.29 is 18.7 Å². The average molecular weight is 539 g/mol. The van der Waals surface area contributed by atoms with Crippen molar-refractivity contribution in [2.75, 3.05) is 27.3 Å². The van der Waals surface area contributed by atoms with Gasteiger partial charge >= 0.3 is 5.69 Å². The highest BCUT2D eigenvalue weighted by atomic mass is 32.1. The van der Waals surface area contributed by atoms with Crippen LogP contribution in [0.15, 0.2) is 50.7 Å². The molecule has 1 aliphatic rings. The number of aromatic nitrogens is 3. The summed E-state index contributed by atoms with van der Waals surface area (Å²) in [5.41, 5.74) is 0.419. The van der Waals surface area contributed by atoms with Crippen LogP contribution in [0.5, 0.6) is 5.75 Å². The molecule has 2 atom stereocenters. The summed E-state index contributed by atoms with van der Waals surface area (Å²) >= 11 is 1.27. The largest absolute Gasteiger partial charge is 0.496 e. The minimum Gasteiger partial charge on any atom is -0.496 e. The van der Waals surface area contributed by atoms with Crippen molar-refractivity contribution in [3.8, 4) is 16.5 Å². The van der Waals surface area contributed by atoms with Crippen LogP contribution < -0.4 is 16.0 Å². The summed E-state index contributed by atoms with van der Waals surface area (Å²) < 4.78 is 20.0. The van der Waals surface area contributed by atoms with E-state index in [-0.39, 0.29) is 12.5 Å². The summed E-state index contributed by atoms with van der Waals surface area (Å²) in [5.74, 6) is 0.759. The van der Waals surface area contributed by atoms with Crippen LogP contribution in [-0.4, -0.2) is 52.2 Å². The number of ether oxygens (including phenoxy) is 2. The number of methoxy groups -OCH3 is 1. The highest BCUT2D eigenvalue weighted by molar-refractivity contribution is 7.22. The van der Waals surface area contributed by atoms with Crippen molar-refractivity contribution in [3.63, 3.8) is 0 Å². The summed E-state index contributed by atoms with van der Waals surface area (Å²) in [6, 6.07) is 6.66. The highest BCUT2D eigenvalue weighted by Gasteiger charge is 2.35. The normalized spacial score (nSPS) is 16.5. The summed E-state index contributed by atoms with van der Waals surface area (Å²) in [5, 5.41) is 0.374. The van der Waals surface area contributed by atoms with Crippen LogP contribution in [0.1, 0.15) is 43.0 Å². The SMILES string of the molecule is CCCO[C@@H](Cn1c(=O)n(C2CCN(C)C2=O)c(=O)c2c(C)c(-c3ncco3)sc21)c1ccccc1OC. The van der Waals surface area contributed by atoms with Crippen molar-refractivity contribution in [1.82, 2.24) is 19.0 Å². The third-order valence-corrected chi connectivity index (χ3v) is 8.24. The number of carbonyl (C=O) groups is 1. The van der Waals surface area contributed by atoms with Crippen LogP contribution in [0.3, 0.4) is 0 Å². The number of para-hydroxylation sites is 1. The first-order valence-corrected chi connectivity index (χ1v) is 13.4. The van der Waals surface area contributed by atoms with Crippen molar-refractivity contribution >= 4 is 27.5 Å². The van der Waals surface area contributed by atoms with Crippen molar-refractivity contribution in [3.05, 3.63) is 68.7 Å². The number of aryl methyl sites for hydroxylation is 1. The van der Waals surface area contributed by atoms with E-state index in [2.05, 4.69) is 4.98 Å². The van der Waals surface area contributed by atoms with Gasteiger partial charge in [-0.1, -0.05) is 25.1 Å². The first-order valence-electron chi connectivity index (χ1n) is 12.5. The topological polar surface area (TPSA) is 109 Å². The molecule has 0 saturated carbocycles. The zero-order chi connectivity index (χ0) is 27.0. The highest BCUT2D eigenvalue weighted by Crippen LogP contribution is 2.37. The van der Waals surface area contributed by atoms with Crippen molar-refractivity contribution in [2.45, 2.75) is 45.4 Å². The zero-order valence-corrected chi connectivity index (χ0v) is 22.6. The van der Waals surface area contributed by atoms with Crippen LogP contribution >= 0.6 is 11.3 Å². The zero-order valence-electron chi connectivity index (χ0n) is 21.8. The Morgan fingerprint density at radius 3 is 2.68 bits per heavy atom. The third kappa shape index (κ3) is 4.35. The quantitative estimate of drug-likeness (QED) is 0.319. The van der Waals surface area contributed by atoms with E-state index in [0.717, 1.165) is 16.6 Å². The van der Waals surface area contributed by atoms with Gasteiger partial charge in [0.2, 0.25) is 11.8 Å². The Balaban J connectivity index is 1.76. The van der Waals surface area contributed by atoms with Gasteiger partial charge in [0.15, 0.2) is 0 Å². The molecule has 1 unspecified atom stereocenters. The Bertz CT molecular complexity index is 1590. The minimum atomic E-state index is -0.860. The number of rotatable bonds is 9. The maximum Gasteiger partial charge on any atom is 0.332 e. The van der Waals surface area contributed by atoms with Crippen LogP contribution in [0.25, 0.3) is 21.0 Å². The van der Waals surface area contributed by atoms with Gasteiger partial charge in [0.1, 0.15) is 29.0 Å². The molecule has 200 valence electrons. The molecule has 5 rings (SSSR count). The number of likely N-dealkylation sites (tertiary alicyclic amines) is 1. The standard InChI is InChI=1S/C27H30N4O6S/c1-5-13-36-20(17-8-6-7-9-19(17)35-4)15-30-26-21(16(2)22(38-26)23-28-11-14-37-23)25(33)31(27(30)34)18-10-12-29(3)24(18)32/h6-9,11,14,18,20H,5,10,12-13,15H2,1-4H3/t18?,20-/m0/s1. The molecule has 1 amide bonds. The van der Waals surface area contributed by atoms with E-state index in [1.807, 2.05) is 38.1 Å². The van der Waals surface area contributed by atoms with Gasteiger partial charge in [0.05, 0.1) is 30.1 Å². The van der Waals surface area contributed by atoms with Gasteiger partial charge in [-0.15, -0.1) is 11.3 Å². The Kier molecular flexibility index (Phi) is 7.22. The number of nitrogens with zero attached hydrogens (tertiary/aromatic N) is 4. The van der Waals surface area contributed by atoms with Crippen molar-refractivity contribution in [2.24, 2.45) is 0 Å². The molecule has 1 fully saturated rings. The van der Waals surface area contributed by atoms with Gasteiger partial charge in [-0.25, -0.2) is 14.3 Å². The second-order valence-electron chi connectivity index (χ2n) is 9.31. The number of hydrogen-bond donors (Lipinski definition) is 0. The number of fused-ring (bicyclic) bond motifs is 1. The average Bonchev–Trinajstić information content (AvgIpc) is 3.65. The monoisotopic (exact) mass is 538 g/mol. The Morgan fingerprint density at radius 1 is 1.24 bits per heavy atom. The molecule has 0 radical (unpaired) electrons. The molecular weight excluding hydrogens is 508 g/mol. The van der Waals surface area contributed by atoms with Crippen LogP contribution in [0.4, 0.5) is 0 Å². The van der Waals surface area contributed by atoms with E-state index in [1.54, 1.807) is 23.6 Å². The van der Waals surface area contributed by atoms with Gasteiger partial charge in [-0.3, -0.25) is 14.2 Å². The number of hydrogen-bond acceptors (Lipinski definition) is 8. The van der Waals surface area contributed by atoms with Crippen molar-refractivity contribution in [1.29, 1.82) is 0 Å². The van der Waals surface area contributed by atoms with E-state index < -0.39 is 23.4 Å². The first-order chi connectivity index (χ1) is 18.4. The van der Waals surface area contributed by atoms with E-state index >= 15 is 0 Å². The third-order valence-electron chi connectivity index (χ3n) is 6.94. The van der Waals surface area contributed by atoms with E-state index in [9.17, 15) is 14.4 Å². The van der Waals surface area contributed by atoms with Crippen LogP contribution in [0, 0.1) is 6.92 Å². The number of oxazole rings is 1. The lowest BCUT2D eigenvalue weighted by atomic mass is 10.1. The molecule has 38 heavy (non-hydrogen) atoms. The minimum absolute atomic E-state index is 0.123. The summed E-state index contributed by atoms with van der Waals surface area (Å²) in [4.78, 5) is 47.9. The molecular formula is C27H30N4O6S. The Hall–Kier alpha value is -3.70. The number of benzene rings is 1. The summed E-state index contributed by atoms with van der Waals surface area (Å²) in [6.07, 6.45) is 3.63. The molecule has 4 aromatic rings. The van der Waals surface area contributed by atoms with Gasteiger partial charge in [-0.2, -0.15) is 0 Å². The molecule has 11 heteroatoms. The number of carbonyl (C=O) groups excluding carboxylic acids is 1. The fourth-order valence-corrected chi connectivity index (χ4v) is 6.22. The van der Waals surface area contributed by atoms with E-state index in [0.29, 0.717) is 51.9 Å². The predicted molar refractivity (Wildman–Crippen MR) is 144 cm³/mol. The molecule has 3 aromatic heterocycles. The lowest BCUT2D eigenvalue weighted by molar-refractivity contribution is -0.129. The predicted octanol–water partition coefficient (Wildman–Crippen LogP) is 3.77. The molecule has 0 aliphatic carbocycles. The van der Waals surface area contributed by atoms with Gasteiger partial charge in [0, 0.05) is 25.8 Å². The molecule has 1 saturated heterocycles. The smallest absolute Gasteiger partial charge is 0.332 e. The maximum atomic E-state index is 14.1. The maximum absolute atomic E-state index is 14.1. The summed E-state index contributed by atoms with van der Waals surface area (Å²) in [7, 11) is 3.27. The molecule has 0 spiro atoms. The fourth-order valence-electron chi connectivity index (χ4n) is 4.98. The number of likely N-dealkylation sites (N-methyl/N-ethyl adjacent to an activating group) is 1. The molecule has 4 heterocycles. The number of amides is 1. The number of thiophene rings is 1. The van der Waals surface area contributed by atoms with Gasteiger partial charge < -0.3 is 18.8 Å². The lowest BCUT2D eigenvalue weighted by Crippen LogP contribution is -2.44. The molecule has 1 aliphatic heterocycles. The van der Waals surface area contributed by atoms with Crippen LogP contribution in [0.2, 0.25) is 0 Å². The second-order valence-corrected chi connectivity index (χ2v) is 10.3.